The SMILES string of the molecule is CSCC(C)(O)CNC(C)CCc1ccc2c(c1)OCO2. The maximum atomic E-state index is 10.1. The minimum Gasteiger partial charge on any atom is -0.454 e. The number of ether oxygens (including phenoxy) is 2. The van der Waals surface area contributed by atoms with Crippen molar-refractivity contribution in [2.75, 3.05) is 25.3 Å². The third-order valence-electron chi connectivity index (χ3n) is 3.59. The van der Waals surface area contributed by atoms with E-state index >= 15 is 0 Å². The van der Waals surface area contributed by atoms with E-state index < -0.39 is 5.60 Å². The van der Waals surface area contributed by atoms with E-state index in [4.69, 9.17) is 9.47 Å². The molecule has 2 atom stereocenters. The number of thioether (sulfide) groups is 1. The predicted molar refractivity (Wildman–Crippen MR) is 87.4 cm³/mol. The lowest BCUT2D eigenvalue weighted by atomic mass is 10.0. The van der Waals surface area contributed by atoms with Gasteiger partial charge in [0.05, 0.1) is 5.60 Å². The Labute approximate surface area is 131 Å². The summed E-state index contributed by atoms with van der Waals surface area (Å²) in [6.45, 7) is 4.97. The van der Waals surface area contributed by atoms with Crippen molar-refractivity contribution in [3.05, 3.63) is 23.8 Å². The van der Waals surface area contributed by atoms with Gasteiger partial charge in [0.15, 0.2) is 11.5 Å². The highest BCUT2D eigenvalue weighted by Gasteiger charge is 2.20. The summed E-state index contributed by atoms with van der Waals surface area (Å²) in [5, 5.41) is 13.6. The molecule has 0 aromatic heterocycles. The van der Waals surface area contributed by atoms with E-state index in [1.807, 2.05) is 19.2 Å². The minimum atomic E-state index is -0.646. The van der Waals surface area contributed by atoms with Crippen LogP contribution in [0.1, 0.15) is 25.8 Å². The largest absolute Gasteiger partial charge is 0.454 e. The van der Waals surface area contributed by atoms with Crippen LogP contribution in [0.3, 0.4) is 0 Å². The van der Waals surface area contributed by atoms with Crippen LogP contribution in [0, 0.1) is 0 Å². The molecular formula is C16H25NO3S. The molecule has 0 radical (unpaired) electrons. The van der Waals surface area contributed by atoms with Crippen molar-refractivity contribution in [1.82, 2.24) is 5.32 Å². The highest BCUT2D eigenvalue weighted by Crippen LogP contribution is 2.32. The number of fused-ring (bicyclic) bond motifs is 1. The Morgan fingerprint density at radius 3 is 2.90 bits per heavy atom. The van der Waals surface area contributed by atoms with Gasteiger partial charge in [-0.1, -0.05) is 6.07 Å². The summed E-state index contributed by atoms with van der Waals surface area (Å²) in [7, 11) is 0. The standard InChI is InChI=1S/C16H25NO3S/c1-12(17-9-16(2,18)10-21-3)4-5-13-6-7-14-15(8-13)20-11-19-14/h6-8,12,17-18H,4-5,9-11H2,1-3H3. The molecule has 1 aromatic rings. The number of hydrogen-bond donors (Lipinski definition) is 2. The normalized spacial score (nSPS) is 17.5. The third kappa shape index (κ3) is 5.09. The maximum absolute atomic E-state index is 10.1. The molecule has 4 nitrogen and oxygen atoms in total. The lowest BCUT2D eigenvalue weighted by Gasteiger charge is -2.25. The fraction of sp³-hybridized carbons (Fsp3) is 0.625. The van der Waals surface area contributed by atoms with Gasteiger partial charge in [0.25, 0.3) is 0 Å². The van der Waals surface area contributed by atoms with Gasteiger partial charge in [-0.2, -0.15) is 11.8 Å². The van der Waals surface area contributed by atoms with E-state index in [2.05, 4.69) is 24.4 Å². The van der Waals surface area contributed by atoms with Crippen LogP contribution in [-0.4, -0.2) is 42.1 Å². The number of nitrogens with one attached hydrogen (secondary N) is 1. The van der Waals surface area contributed by atoms with Crippen LogP contribution in [0.25, 0.3) is 0 Å². The number of benzene rings is 1. The summed E-state index contributed by atoms with van der Waals surface area (Å²) in [5.41, 5.74) is 0.607. The van der Waals surface area contributed by atoms with Gasteiger partial charge in [-0.05, 0) is 50.6 Å². The van der Waals surface area contributed by atoms with Crippen molar-refractivity contribution in [3.8, 4) is 11.5 Å². The van der Waals surface area contributed by atoms with Gasteiger partial charge in [-0.25, -0.2) is 0 Å². The molecule has 0 spiro atoms. The summed E-state index contributed by atoms with van der Waals surface area (Å²) in [5.74, 6) is 2.42. The Kier molecular flexibility index (Phi) is 5.79. The first-order chi connectivity index (χ1) is 10.00. The topological polar surface area (TPSA) is 50.7 Å². The van der Waals surface area contributed by atoms with Crippen LogP contribution < -0.4 is 14.8 Å². The molecule has 0 saturated carbocycles. The zero-order valence-corrected chi connectivity index (χ0v) is 13.8. The van der Waals surface area contributed by atoms with Crippen LogP contribution in [-0.2, 0) is 6.42 Å². The summed E-state index contributed by atoms with van der Waals surface area (Å²) >= 11 is 1.67. The van der Waals surface area contributed by atoms with Crippen molar-refractivity contribution in [2.24, 2.45) is 0 Å². The van der Waals surface area contributed by atoms with E-state index in [9.17, 15) is 5.11 Å². The maximum Gasteiger partial charge on any atom is 0.231 e. The zero-order chi connectivity index (χ0) is 15.3. The number of aliphatic hydroxyl groups is 1. The Morgan fingerprint density at radius 1 is 1.38 bits per heavy atom. The van der Waals surface area contributed by atoms with E-state index in [1.165, 1.54) is 5.56 Å². The Bertz CT molecular complexity index is 465. The van der Waals surface area contributed by atoms with E-state index in [0.717, 1.165) is 30.1 Å². The lowest BCUT2D eigenvalue weighted by molar-refractivity contribution is 0.0817. The lowest BCUT2D eigenvalue weighted by Crippen LogP contribution is -2.43. The van der Waals surface area contributed by atoms with Crippen LogP contribution in [0.15, 0.2) is 18.2 Å². The monoisotopic (exact) mass is 311 g/mol. The summed E-state index contributed by atoms with van der Waals surface area (Å²) in [4.78, 5) is 0. The molecular weight excluding hydrogens is 286 g/mol. The molecule has 0 aliphatic carbocycles. The number of aryl methyl sites for hydroxylation is 1. The average molecular weight is 311 g/mol. The quantitative estimate of drug-likeness (QED) is 0.772. The second-order valence-corrected chi connectivity index (χ2v) is 6.80. The molecule has 21 heavy (non-hydrogen) atoms. The van der Waals surface area contributed by atoms with Gasteiger partial charge in [-0.3, -0.25) is 0 Å². The minimum absolute atomic E-state index is 0.321. The Balaban J connectivity index is 1.75. The van der Waals surface area contributed by atoms with Crippen LogP contribution in [0.5, 0.6) is 11.5 Å². The average Bonchev–Trinajstić information content (AvgIpc) is 2.90. The Morgan fingerprint density at radius 2 is 2.14 bits per heavy atom. The summed E-state index contributed by atoms with van der Waals surface area (Å²) in [6, 6.07) is 6.48. The fourth-order valence-corrected chi connectivity index (χ4v) is 3.06. The smallest absolute Gasteiger partial charge is 0.231 e. The first-order valence-corrected chi connectivity index (χ1v) is 8.73. The fourth-order valence-electron chi connectivity index (χ4n) is 2.34. The van der Waals surface area contributed by atoms with E-state index in [0.29, 0.717) is 19.4 Å². The van der Waals surface area contributed by atoms with Gasteiger partial charge < -0.3 is 19.9 Å². The molecule has 5 heteroatoms. The molecule has 1 heterocycles. The van der Waals surface area contributed by atoms with E-state index in [1.54, 1.807) is 11.8 Å². The third-order valence-corrected chi connectivity index (χ3v) is 4.50. The summed E-state index contributed by atoms with van der Waals surface area (Å²) < 4.78 is 10.7. The highest BCUT2D eigenvalue weighted by molar-refractivity contribution is 7.98. The molecule has 1 aliphatic heterocycles. The van der Waals surface area contributed by atoms with Crippen LogP contribution in [0.4, 0.5) is 0 Å². The summed E-state index contributed by atoms with van der Waals surface area (Å²) in [6.07, 6.45) is 4.02. The molecule has 1 aliphatic rings. The Hall–Kier alpha value is -0.910. The molecule has 0 bridgehead atoms. The second-order valence-electron chi connectivity index (χ2n) is 5.94. The van der Waals surface area contributed by atoms with E-state index in [-0.39, 0.29) is 0 Å². The van der Waals surface area contributed by atoms with Gasteiger partial charge >= 0.3 is 0 Å². The molecule has 2 N–H and O–H groups in total. The zero-order valence-electron chi connectivity index (χ0n) is 13.0. The van der Waals surface area contributed by atoms with Gasteiger partial charge in [0, 0.05) is 18.3 Å². The first-order valence-electron chi connectivity index (χ1n) is 7.33. The molecule has 0 fully saturated rings. The van der Waals surface area contributed by atoms with Crippen molar-refractivity contribution in [3.63, 3.8) is 0 Å². The van der Waals surface area contributed by atoms with Gasteiger partial charge in [0.2, 0.25) is 6.79 Å². The van der Waals surface area contributed by atoms with Gasteiger partial charge in [-0.15, -0.1) is 0 Å². The van der Waals surface area contributed by atoms with Gasteiger partial charge in [0.1, 0.15) is 0 Å². The molecule has 1 aromatic carbocycles. The number of rotatable bonds is 8. The predicted octanol–water partition coefficient (Wildman–Crippen LogP) is 2.44. The van der Waals surface area contributed by atoms with Crippen molar-refractivity contribution < 1.29 is 14.6 Å². The molecule has 0 amide bonds. The molecule has 2 unspecified atom stereocenters. The van der Waals surface area contributed by atoms with Crippen molar-refractivity contribution in [1.29, 1.82) is 0 Å². The van der Waals surface area contributed by atoms with Crippen molar-refractivity contribution >= 4 is 11.8 Å². The number of hydrogen-bond acceptors (Lipinski definition) is 5. The van der Waals surface area contributed by atoms with Crippen LogP contribution in [0.2, 0.25) is 0 Å². The van der Waals surface area contributed by atoms with Crippen LogP contribution >= 0.6 is 11.8 Å². The molecule has 0 saturated heterocycles. The first kappa shape index (κ1) is 16.5. The van der Waals surface area contributed by atoms with Crippen molar-refractivity contribution in [2.45, 2.75) is 38.3 Å². The molecule has 118 valence electrons. The molecule has 2 rings (SSSR count). The highest BCUT2D eigenvalue weighted by atomic mass is 32.2. The second kappa shape index (κ2) is 7.38.